The second kappa shape index (κ2) is 7.43. The number of para-hydroxylation sites is 1. The standard InChI is InChI=1S/C18H28N2O2/c1-7-13(4)19-16(21)18(5,6)17(22)20-15-12(3)10-9-11-14(15)8-2/h9-11,13H,7-8H2,1-6H3,(H,19,21)(H,20,22). The van der Waals surface area contributed by atoms with E-state index in [1.165, 1.54) is 0 Å². The van der Waals surface area contributed by atoms with Crippen molar-refractivity contribution in [3.05, 3.63) is 29.3 Å². The van der Waals surface area contributed by atoms with E-state index in [1.54, 1.807) is 13.8 Å². The van der Waals surface area contributed by atoms with Gasteiger partial charge in [-0.15, -0.1) is 0 Å². The maximum atomic E-state index is 12.6. The van der Waals surface area contributed by atoms with Gasteiger partial charge in [-0.1, -0.05) is 32.0 Å². The SMILES string of the molecule is CCc1cccc(C)c1NC(=O)C(C)(C)C(=O)NC(C)CC. The number of rotatable bonds is 6. The van der Waals surface area contributed by atoms with Crippen LogP contribution >= 0.6 is 0 Å². The number of nitrogens with one attached hydrogen (secondary N) is 2. The lowest BCUT2D eigenvalue weighted by Crippen LogP contribution is -2.47. The van der Waals surface area contributed by atoms with Gasteiger partial charge in [0.25, 0.3) is 0 Å². The molecule has 0 fully saturated rings. The summed E-state index contributed by atoms with van der Waals surface area (Å²) in [5.41, 5.74) is 1.79. The van der Waals surface area contributed by atoms with E-state index in [2.05, 4.69) is 10.6 Å². The van der Waals surface area contributed by atoms with Crippen molar-refractivity contribution in [1.29, 1.82) is 0 Å². The minimum absolute atomic E-state index is 0.0595. The van der Waals surface area contributed by atoms with Crippen LogP contribution in [-0.2, 0) is 16.0 Å². The summed E-state index contributed by atoms with van der Waals surface area (Å²) in [4.78, 5) is 24.9. The highest BCUT2D eigenvalue weighted by molar-refractivity contribution is 6.10. The van der Waals surface area contributed by atoms with Gasteiger partial charge in [-0.3, -0.25) is 9.59 Å². The quantitative estimate of drug-likeness (QED) is 0.791. The van der Waals surface area contributed by atoms with Crippen molar-refractivity contribution < 1.29 is 9.59 Å². The van der Waals surface area contributed by atoms with Crippen LogP contribution in [0.15, 0.2) is 18.2 Å². The minimum atomic E-state index is -1.11. The van der Waals surface area contributed by atoms with E-state index in [9.17, 15) is 9.59 Å². The third-order valence-corrected chi connectivity index (χ3v) is 4.10. The zero-order valence-electron chi connectivity index (χ0n) is 14.5. The molecule has 2 N–H and O–H groups in total. The molecule has 4 heteroatoms. The van der Waals surface area contributed by atoms with Gasteiger partial charge in [0, 0.05) is 11.7 Å². The smallest absolute Gasteiger partial charge is 0.239 e. The average Bonchev–Trinajstić information content (AvgIpc) is 2.48. The van der Waals surface area contributed by atoms with Crippen molar-refractivity contribution in [1.82, 2.24) is 5.32 Å². The van der Waals surface area contributed by atoms with Gasteiger partial charge in [-0.25, -0.2) is 0 Å². The Hall–Kier alpha value is -1.84. The van der Waals surface area contributed by atoms with Gasteiger partial charge in [0.05, 0.1) is 0 Å². The Bertz CT molecular complexity index is 550. The van der Waals surface area contributed by atoms with Crippen LogP contribution in [0, 0.1) is 12.3 Å². The van der Waals surface area contributed by atoms with Gasteiger partial charge >= 0.3 is 0 Å². The molecule has 1 unspecified atom stereocenters. The van der Waals surface area contributed by atoms with E-state index in [0.29, 0.717) is 0 Å². The molecule has 1 aromatic carbocycles. The molecule has 2 amide bonds. The summed E-state index contributed by atoms with van der Waals surface area (Å²) in [5, 5.41) is 5.82. The maximum absolute atomic E-state index is 12.6. The molecule has 0 aromatic heterocycles. The van der Waals surface area contributed by atoms with Gasteiger partial charge in [0.2, 0.25) is 11.8 Å². The van der Waals surface area contributed by atoms with E-state index >= 15 is 0 Å². The van der Waals surface area contributed by atoms with E-state index in [1.807, 2.05) is 45.9 Å². The first-order chi connectivity index (χ1) is 10.2. The Kier molecular flexibility index (Phi) is 6.15. The Morgan fingerprint density at radius 2 is 1.82 bits per heavy atom. The van der Waals surface area contributed by atoms with Crippen molar-refractivity contribution in [3.8, 4) is 0 Å². The molecule has 0 radical (unpaired) electrons. The Balaban J connectivity index is 2.94. The molecule has 1 atom stereocenters. The van der Waals surface area contributed by atoms with Crippen molar-refractivity contribution in [2.45, 2.75) is 60.4 Å². The number of anilines is 1. The van der Waals surface area contributed by atoms with Crippen LogP contribution in [0.25, 0.3) is 0 Å². The molecule has 0 spiro atoms. The summed E-state index contributed by atoms with van der Waals surface area (Å²) in [7, 11) is 0. The molecule has 4 nitrogen and oxygen atoms in total. The average molecular weight is 304 g/mol. The number of aryl methyl sites for hydroxylation is 2. The van der Waals surface area contributed by atoms with Crippen LogP contribution in [0.1, 0.15) is 52.2 Å². The Morgan fingerprint density at radius 3 is 2.36 bits per heavy atom. The van der Waals surface area contributed by atoms with Crippen molar-refractivity contribution in [3.63, 3.8) is 0 Å². The zero-order chi connectivity index (χ0) is 16.9. The van der Waals surface area contributed by atoms with Crippen LogP contribution in [0.2, 0.25) is 0 Å². The lowest BCUT2D eigenvalue weighted by atomic mass is 9.90. The van der Waals surface area contributed by atoms with Crippen LogP contribution in [-0.4, -0.2) is 17.9 Å². The molecule has 0 bridgehead atoms. The zero-order valence-corrected chi connectivity index (χ0v) is 14.5. The van der Waals surface area contributed by atoms with Crippen molar-refractivity contribution >= 4 is 17.5 Å². The predicted octanol–water partition coefficient (Wildman–Crippen LogP) is 3.44. The molecule has 22 heavy (non-hydrogen) atoms. The molecular weight excluding hydrogens is 276 g/mol. The van der Waals surface area contributed by atoms with Crippen LogP contribution in [0.5, 0.6) is 0 Å². The van der Waals surface area contributed by atoms with Gasteiger partial charge in [-0.05, 0) is 51.7 Å². The first kappa shape index (κ1) is 18.2. The normalized spacial score (nSPS) is 12.6. The monoisotopic (exact) mass is 304 g/mol. The number of amides is 2. The molecule has 0 heterocycles. The summed E-state index contributed by atoms with van der Waals surface area (Å²) < 4.78 is 0. The number of benzene rings is 1. The Morgan fingerprint density at radius 1 is 1.18 bits per heavy atom. The number of carbonyl (C=O) groups excluding carboxylic acids is 2. The summed E-state index contributed by atoms with van der Waals surface area (Å²) in [6, 6.07) is 5.99. The largest absolute Gasteiger partial charge is 0.353 e. The summed E-state index contributed by atoms with van der Waals surface area (Å²) in [5.74, 6) is -0.525. The highest BCUT2D eigenvalue weighted by Gasteiger charge is 2.36. The molecular formula is C18H28N2O2. The Labute approximate surface area is 133 Å². The van der Waals surface area contributed by atoms with Gasteiger partial charge < -0.3 is 10.6 Å². The number of carbonyl (C=O) groups is 2. The van der Waals surface area contributed by atoms with Gasteiger partial charge in [-0.2, -0.15) is 0 Å². The molecule has 1 aromatic rings. The molecule has 122 valence electrons. The molecule has 0 aliphatic rings. The van der Waals surface area contributed by atoms with Gasteiger partial charge in [0.1, 0.15) is 5.41 Å². The van der Waals surface area contributed by atoms with E-state index in [4.69, 9.17) is 0 Å². The summed E-state index contributed by atoms with van der Waals surface area (Å²) in [6.07, 6.45) is 1.66. The maximum Gasteiger partial charge on any atom is 0.239 e. The fraction of sp³-hybridized carbons (Fsp3) is 0.556. The fourth-order valence-electron chi connectivity index (χ4n) is 2.08. The lowest BCUT2D eigenvalue weighted by molar-refractivity contribution is -0.138. The summed E-state index contributed by atoms with van der Waals surface area (Å²) >= 11 is 0. The second-order valence-electron chi connectivity index (χ2n) is 6.32. The molecule has 0 saturated heterocycles. The van der Waals surface area contributed by atoms with Crippen LogP contribution < -0.4 is 10.6 Å². The van der Waals surface area contributed by atoms with Gasteiger partial charge in [0.15, 0.2) is 0 Å². The van der Waals surface area contributed by atoms with Crippen molar-refractivity contribution in [2.24, 2.45) is 5.41 Å². The number of hydrogen-bond acceptors (Lipinski definition) is 2. The second-order valence-corrected chi connectivity index (χ2v) is 6.32. The molecule has 0 aliphatic heterocycles. The third-order valence-electron chi connectivity index (χ3n) is 4.10. The van der Waals surface area contributed by atoms with E-state index in [0.717, 1.165) is 29.7 Å². The highest BCUT2D eigenvalue weighted by Crippen LogP contribution is 2.25. The fourth-order valence-corrected chi connectivity index (χ4v) is 2.08. The molecule has 1 rings (SSSR count). The van der Waals surface area contributed by atoms with Crippen LogP contribution in [0.3, 0.4) is 0 Å². The van der Waals surface area contributed by atoms with Crippen molar-refractivity contribution in [2.75, 3.05) is 5.32 Å². The number of hydrogen-bond donors (Lipinski definition) is 2. The predicted molar refractivity (Wildman–Crippen MR) is 90.9 cm³/mol. The van der Waals surface area contributed by atoms with E-state index in [-0.39, 0.29) is 17.9 Å². The first-order valence-corrected chi connectivity index (χ1v) is 7.94. The minimum Gasteiger partial charge on any atom is -0.353 e. The summed E-state index contributed by atoms with van der Waals surface area (Å²) in [6.45, 7) is 11.3. The van der Waals surface area contributed by atoms with Crippen LogP contribution in [0.4, 0.5) is 5.69 Å². The molecule has 0 aliphatic carbocycles. The topological polar surface area (TPSA) is 58.2 Å². The van der Waals surface area contributed by atoms with E-state index < -0.39 is 5.41 Å². The highest BCUT2D eigenvalue weighted by atomic mass is 16.2. The molecule has 0 saturated carbocycles. The third kappa shape index (κ3) is 4.09. The lowest BCUT2D eigenvalue weighted by Gasteiger charge is -2.25. The first-order valence-electron chi connectivity index (χ1n) is 7.94.